The van der Waals surface area contributed by atoms with E-state index in [0.29, 0.717) is 44.3 Å². The molecule has 0 N–H and O–H groups in total. The van der Waals surface area contributed by atoms with E-state index in [4.69, 9.17) is 14.2 Å². The molecule has 5 rings (SSSR count). The lowest BCUT2D eigenvalue weighted by atomic mass is 10.1. The van der Waals surface area contributed by atoms with E-state index in [1.807, 2.05) is 47.6 Å². The van der Waals surface area contributed by atoms with Crippen molar-refractivity contribution in [2.45, 2.75) is 85.2 Å². The topological polar surface area (TPSA) is 110 Å². The summed E-state index contributed by atoms with van der Waals surface area (Å²) in [5.41, 5.74) is 1.28. The quantitative estimate of drug-likeness (QED) is 0.301. The van der Waals surface area contributed by atoms with Gasteiger partial charge in [0.15, 0.2) is 11.6 Å². The summed E-state index contributed by atoms with van der Waals surface area (Å²) < 4.78 is 32.5. The number of piperidine rings is 1. The molecule has 0 unspecified atom stereocenters. The van der Waals surface area contributed by atoms with Crippen molar-refractivity contribution in [2.75, 3.05) is 24.5 Å². The third-order valence-electron chi connectivity index (χ3n) is 7.75. The number of benzene rings is 1. The monoisotopic (exact) mass is 620 g/mol. The summed E-state index contributed by atoms with van der Waals surface area (Å²) in [6.07, 6.45) is 5.73. The van der Waals surface area contributed by atoms with Crippen LogP contribution in [0, 0.1) is 5.82 Å². The van der Waals surface area contributed by atoms with Crippen LogP contribution in [0.2, 0.25) is 0 Å². The Bertz CT molecular complexity index is 1540. The predicted molar refractivity (Wildman–Crippen MR) is 166 cm³/mol. The number of anilines is 1. The Balaban J connectivity index is 1.26. The average Bonchev–Trinajstić information content (AvgIpc) is 3.44. The van der Waals surface area contributed by atoms with Crippen molar-refractivity contribution < 1.29 is 28.2 Å². The van der Waals surface area contributed by atoms with Crippen LogP contribution < -0.4 is 14.4 Å². The molecular weight excluding hydrogens is 579 g/mol. The van der Waals surface area contributed by atoms with E-state index in [2.05, 4.69) is 19.9 Å². The van der Waals surface area contributed by atoms with Crippen LogP contribution in [0.1, 0.15) is 76.0 Å². The number of hydrogen-bond acceptors (Lipinski definition) is 9. The summed E-state index contributed by atoms with van der Waals surface area (Å²) >= 11 is 0. The van der Waals surface area contributed by atoms with Gasteiger partial charge in [0.05, 0.1) is 30.5 Å². The number of amides is 2. The van der Waals surface area contributed by atoms with Crippen LogP contribution in [0.5, 0.6) is 17.2 Å². The molecule has 1 saturated heterocycles. The summed E-state index contributed by atoms with van der Waals surface area (Å²) in [6, 6.07) is 5.73. The van der Waals surface area contributed by atoms with Crippen LogP contribution in [0.4, 0.5) is 15.0 Å². The number of fused-ring (bicyclic) bond motifs is 1. The molecule has 0 radical (unpaired) electrons. The fraction of sp³-hybridized carbons (Fsp3) is 0.485. The fourth-order valence-corrected chi connectivity index (χ4v) is 5.57. The van der Waals surface area contributed by atoms with Gasteiger partial charge in [-0.05, 0) is 65.8 Å². The molecule has 2 aromatic heterocycles. The number of pyridine rings is 1. The Hall–Kier alpha value is -4.48. The number of carbonyl (C=O) groups excluding carboxylic acids is 2. The maximum absolute atomic E-state index is 14.3. The molecule has 45 heavy (non-hydrogen) atoms. The van der Waals surface area contributed by atoms with E-state index in [9.17, 15) is 14.0 Å². The van der Waals surface area contributed by atoms with Crippen LogP contribution in [0.25, 0.3) is 0 Å². The molecule has 4 heterocycles. The maximum atomic E-state index is 14.3. The first-order valence-corrected chi connectivity index (χ1v) is 15.4. The lowest BCUT2D eigenvalue weighted by Crippen LogP contribution is -2.39. The van der Waals surface area contributed by atoms with Crippen molar-refractivity contribution in [3.05, 3.63) is 65.6 Å². The Morgan fingerprint density at radius 2 is 1.82 bits per heavy atom. The van der Waals surface area contributed by atoms with E-state index in [-0.39, 0.29) is 35.5 Å². The zero-order valence-electron chi connectivity index (χ0n) is 26.7. The fourth-order valence-electron chi connectivity index (χ4n) is 5.57. The lowest BCUT2D eigenvalue weighted by molar-refractivity contribution is 0.0239. The second-order valence-electron chi connectivity index (χ2n) is 12.5. The Morgan fingerprint density at radius 3 is 2.51 bits per heavy atom. The van der Waals surface area contributed by atoms with Gasteiger partial charge in [-0.15, -0.1) is 0 Å². The van der Waals surface area contributed by atoms with E-state index in [0.717, 1.165) is 29.8 Å². The summed E-state index contributed by atoms with van der Waals surface area (Å²) in [7, 11) is 0. The number of rotatable bonds is 8. The third kappa shape index (κ3) is 7.43. The molecule has 12 heteroatoms. The minimum absolute atomic E-state index is 0.0492. The molecule has 240 valence electrons. The van der Waals surface area contributed by atoms with Gasteiger partial charge in [-0.3, -0.25) is 14.7 Å². The van der Waals surface area contributed by atoms with Crippen LogP contribution in [-0.4, -0.2) is 74.1 Å². The Morgan fingerprint density at radius 1 is 1.07 bits per heavy atom. The standard InChI is InChI=1S/C33H41FN6O5/c1-7-40(21(2)3)31(41)24-16-22(34)8-9-27(24)44-29-17-35-20-37-30(29)38-14-11-23(12-15-38)43-28-10-13-36-26-19-39(18-25(26)28)32(42)45-33(4,5)6/h8-10,13,16-17,20-21,23H,7,11-12,14-15,18-19H2,1-6H3. The van der Waals surface area contributed by atoms with Crippen LogP contribution >= 0.6 is 0 Å². The SMILES string of the molecule is CCN(C(=O)c1cc(F)ccc1Oc1cncnc1N1CCC(Oc2ccnc3c2CN(C(=O)OC(C)(C)C)C3)CC1)C(C)C. The number of ether oxygens (including phenoxy) is 3. The molecule has 0 aliphatic carbocycles. The van der Waals surface area contributed by atoms with E-state index < -0.39 is 11.4 Å². The van der Waals surface area contributed by atoms with Crippen molar-refractivity contribution in [1.29, 1.82) is 0 Å². The predicted octanol–water partition coefficient (Wildman–Crippen LogP) is 5.97. The molecule has 0 bridgehead atoms. The van der Waals surface area contributed by atoms with Crippen molar-refractivity contribution in [1.82, 2.24) is 24.8 Å². The van der Waals surface area contributed by atoms with E-state index in [1.54, 1.807) is 22.2 Å². The largest absolute Gasteiger partial charge is 0.490 e. The van der Waals surface area contributed by atoms with Gasteiger partial charge in [0.2, 0.25) is 0 Å². The smallest absolute Gasteiger partial charge is 0.410 e. The Labute approximate surface area is 263 Å². The van der Waals surface area contributed by atoms with Crippen LogP contribution in [-0.2, 0) is 17.8 Å². The van der Waals surface area contributed by atoms with Gasteiger partial charge in [-0.1, -0.05) is 0 Å². The first-order valence-electron chi connectivity index (χ1n) is 15.4. The molecule has 1 aromatic carbocycles. The maximum Gasteiger partial charge on any atom is 0.410 e. The highest BCUT2D eigenvalue weighted by Crippen LogP contribution is 2.36. The number of nitrogens with zero attached hydrogens (tertiary/aromatic N) is 6. The molecule has 2 aliphatic rings. The highest BCUT2D eigenvalue weighted by atomic mass is 19.1. The summed E-state index contributed by atoms with van der Waals surface area (Å²) in [6.45, 7) is 13.8. The highest BCUT2D eigenvalue weighted by Gasteiger charge is 2.32. The Kier molecular flexibility index (Phi) is 9.40. The summed E-state index contributed by atoms with van der Waals surface area (Å²) in [5.74, 6) is 1.09. The number of aromatic nitrogens is 3. The zero-order valence-corrected chi connectivity index (χ0v) is 26.7. The minimum atomic E-state index is -0.579. The van der Waals surface area contributed by atoms with Gasteiger partial charge in [-0.25, -0.2) is 19.2 Å². The summed E-state index contributed by atoms with van der Waals surface area (Å²) in [5, 5.41) is 0. The molecule has 2 amide bonds. The average molecular weight is 621 g/mol. The zero-order chi connectivity index (χ0) is 32.3. The lowest BCUT2D eigenvalue weighted by Gasteiger charge is -2.33. The van der Waals surface area contributed by atoms with Gasteiger partial charge in [-0.2, -0.15) is 0 Å². The molecule has 1 fully saturated rings. The van der Waals surface area contributed by atoms with Gasteiger partial charge in [0, 0.05) is 50.3 Å². The molecular formula is C33H41FN6O5. The number of carbonyl (C=O) groups is 2. The van der Waals surface area contributed by atoms with Crippen LogP contribution in [0.15, 0.2) is 43.0 Å². The van der Waals surface area contributed by atoms with Gasteiger partial charge in [0.25, 0.3) is 5.91 Å². The van der Waals surface area contributed by atoms with Crippen molar-refractivity contribution in [3.8, 4) is 17.2 Å². The first-order chi connectivity index (χ1) is 21.4. The van der Waals surface area contributed by atoms with E-state index in [1.165, 1.54) is 24.5 Å². The molecule has 0 spiro atoms. The molecule has 0 atom stereocenters. The van der Waals surface area contributed by atoms with Crippen LogP contribution in [0.3, 0.4) is 0 Å². The number of hydrogen-bond donors (Lipinski definition) is 0. The molecule has 0 saturated carbocycles. The van der Waals surface area contributed by atoms with Gasteiger partial charge in [0.1, 0.15) is 35.3 Å². The summed E-state index contributed by atoms with van der Waals surface area (Å²) in [4.78, 5) is 44.5. The molecule has 2 aliphatic heterocycles. The van der Waals surface area contributed by atoms with Crippen molar-refractivity contribution >= 4 is 17.8 Å². The minimum Gasteiger partial charge on any atom is -0.490 e. The highest BCUT2D eigenvalue weighted by molar-refractivity contribution is 5.97. The third-order valence-corrected chi connectivity index (χ3v) is 7.75. The van der Waals surface area contributed by atoms with Gasteiger partial charge >= 0.3 is 6.09 Å². The normalized spacial score (nSPS) is 15.2. The second kappa shape index (κ2) is 13.3. The second-order valence-corrected chi connectivity index (χ2v) is 12.5. The van der Waals surface area contributed by atoms with E-state index >= 15 is 0 Å². The molecule has 3 aromatic rings. The van der Waals surface area contributed by atoms with Gasteiger partial charge < -0.3 is 24.0 Å². The molecule has 11 nitrogen and oxygen atoms in total. The first kappa shape index (κ1) is 31.9. The van der Waals surface area contributed by atoms with Crippen molar-refractivity contribution in [2.24, 2.45) is 0 Å². The number of halogens is 1. The van der Waals surface area contributed by atoms with Crippen molar-refractivity contribution in [3.63, 3.8) is 0 Å².